The molecule has 0 bridgehead atoms. The lowest BCUT2D eigenvalue weighted by Gasteiger charge is -2.10. The Morgan fingerprint density at radius 2 is 2.16 bits per heavy atom. The van der Waals surface area contributed by atoms with Crippen molar-refractivity contribution < 1.29 is 9.53 Å². The molecule has 0 atom stereocenters. The van der Waals surface area contributed by atoms with Gasteiger partial charge in [-0.05, 0) is 38.0 Å². The predicted octanol–water partition coefficient (Wildman–Crippen LogP) is 3.09. The average Bonchev–Trinajstić information content (AvgIpc) is 2.76. The van der Waals surface area contributed by atoms with Gasteiger partial charge in [0.2, 0.25) is 0 Å². The van der Waals surface area contributed by atoms with Crippen LogP contribution in [0.4, 0.5) is 5.13 Å². The highest BCUT2D eigenvalue weighted by Crippen LogP contribution is 2.20. The summed E-state index contributed by atoms with van der Waals surface area (Å²) in [6.07, 6.45) is 0. The first-order valence-electron chi connectivity index (χ1n) is 5.97. The normalized spacial score (nSPS) is 10.3. The number of rotatable bonds is 4. The lowest BCUT2D eigenvalue weighted by molar-refractivity contribution is -0.118. The van der Waals surface area contributed by atoms with Gasteiger partial charge in [0.1, 0.15) is 5.75 Å². The molecule has 1 aromatic carbocycles. The lowest BCUT2D eigenvalue weighted by atomic mass is 10.1. The number of carbonyl (C=O) groups excluding carboxylic acids is 1. The van der Waals surface area contributed by atoms with Gasteiger partial charge < -0.3 is 4.74 Å². The Kier molecular flexibility index (Phi) is 4.16. The largest absolute Gasteiger partial charge is 0.483 e. The second kappa shape index (κ2) is 5.84. The van der Waals surface area contributed by atoms with Crippen LogP contribution in [0.2, 0.25) is 0 Å². The molecule has 2 aromatic rings. The van der Waals surface area contributed by atoms with Crippen molar-refractivity contribution >= 4 is 22.4 Å². The summed E-state index contributed by atoms with van der Waals surface area (Å²) in [4.78, 5) is 15.9. The molecule has 1 N–H and O–H groups in total. The summed E-state index contributed by atoms with van der Waals surface area (Å²) in [5.74, 6) is 0.542. The summed E-state index contributed by atoms with van der Waals surface area (Å²) in [6, 6.07) is 5.80. The maximum absolute atomic E-state index is 11.7. The molecule has 0 aliphatic rings. The van der Waals surface area contributed by atoms with E-state index in [0.29, 0.717) is 5.13 Å². The number of amides is 1. The third-order valence-electron chi connectivity index (χ3n) is 2.78. The van der Waals surface area contributed by atoms with Crippen LogP contribution in [0.25, 0.3) is 0 Å². The van der Waals surface area contributed by atoms with E-state index >= 15 is 0 Å². The molecule has 1 heterocycles. The van der Waals surface area contributed by atoms with Gasteiger partial charge in [-0.25, -0.2) is 4.98 Å². The minimum atomic E-state index is -0.199. The molecule has 4 nitrogen and oxygen atoms in total. The maximum Gasteiger partial charge on any atom is 0.264 e. The Bertz CT molecular complexity index is 593. The fourth-order valence-corrected chi connectivity index (χ4v) is 2.29. The van der Waals surface area contributed by atoms with Crippen molar-refractivity contribution in [1.82, 2.24) is 4.98 Å². The van der Waals surface area contributed by atoms with Gasteiger partial charge in [-0.2, -0.15) is 0 Å². The number of aromatic nitrogens is 1. The number of anilines is 1. The molecule has 2 rings (SSSR count). The van der Waals surface area contributed by atoms with Gasteiger partial charge in [0, 0.05) is 5.38 Å². The topological polar surface area (TPSA) is 51.2 Å². The van der Waals surface area contributed by atoms with Crippen LogP contribution in [0.1, 0.15) is 16.8 Å². The molecule has 1 aromatic heterocycles. The van der Waals surface area contributed by atoms with E-state index in [1.54, 1.807) is 0 Å². The van der Waals surface area contributed by atoms with Gasteiger partial charge in [0.25, 0.3) is 5.91 Å². The standard InChI is InChI=1S/C14H16N2O2S/c1-9-5-4-6-12(11(9)3)18-7-13(17)16-14-15-10(2)8-19-14/h4-6,8H,7H2,1-3H3,(H,15,16,17). The quantitative estimate of drug-likeness (QED) is 0.933. The van der Waals surface area contributed by atoms with Crippen molar-refractivity contribution in [3.8, 4) is 5.75 Å². The van der Waals surface area contributed by atoms with E-state index in [1.807, 2.05) is 44.4 Å². The van der Waals surface area contributed by atoms with Crippen LogP contribution in [-0.2, 0) is 4.79 Å². The molecule has 0 saturated carbocycles. The predicted molar refractivity (Wildman–Crippen MR) is 76.9 cm³/mol. The van der Waals surface area contributed by atoms with Crippen molar-refractivity contribution in [3.05, 3.63) is 40.4 Å². The highest BCUT2D eigenvalue weighted by atomic mass is 32.1. The van der Waals surface area contributed by atoms with Gasteiger partial charge in [0.15, 0.2) is 11.7 Å². The van der Waals surface area contributed by atoms with Crippen LogP contribution >= 0.6 is 11.3 Å². The maximum atomic E-state index is 11.7. The zero-order valence-corrected chi connectivity index (χ0v) is 12.0. The number of aryl methyl sites for hydroxylation is 2. The first-order valence-corrected chi connectivity index (χ1v) is 6.85. The van der Waals surface area contributed by atoms with E-state index in [4.69, 9.17) is 4.74 Å². The molecule has 1 amide bonds. The Balaban J connectivity index is 1.91. The monoisotopic (exact) mass is 276 g/mol. The summed E-state index contributed by atoms with van der Waals surface area (Å²) in [5, 5.41) is 5.20. The van der Waals surface area contributed by atoms with Crippen molar-refractivity contribution in [2.24, 2.45) is 0 Å². The summed E-state index contributed by atoms with van der Waals surface area (Å²) in [5.41, 5.74) is 3.10. The Morgan fingerprint density at radius 3 is 2.84 bits per heavy atom. The van der Waals surface area contributed by atoms with E-state index in [1.165, 1.54) is 11.3 Å². The number of carbonyl (C=O) groups is 1. The van der Waals surface area contributed by atoms with E-state index in [0.717, 1.165) is 22.6 Å². The van der Waals surface area contributed by atoms with Crippen LogP contribution in [-0.4, -0.2) is 17.5 Å². The zero-order chi connectivity index (χ0) is 13.8. The Hall–Kier alpha value is -1.88. The minimum Gasteiger partial charge on any atom is -0.483 e. The minimum absolute atomic E-state index is 0.0110. The molecule has 19 heavy (non-hydrogen) atoms. The van der Waals surface area contributed by atoms with Gasteiger partial charge >= 0.3 is 0 Å². The molecule has 0 radical (unpaired) electrons. The van der Waals surface area contributed by atoms with E-state index in [-0.39, 0.29) is 12.5 Å². The number of ether oxygens (including phenoxy) is 1. The highest BCUT2D eigenvalue weighted by Gasteiger charge is 2.08. The summed E-state index contributed by atoms with van der Waals surface area (Å²) in [6.45, 7) is 5.87. The second-order valence-corrected chi connectivity index (χ2v) is 5.19. The zero-order valence-electron chi connectivity index (χ0n) is 11.2. The Labute approximate surface area is 116 Å². The number of nitrogens with one attached hydrogen (secondary N) is 1. The molecular formula is C14H16N2O2S. The highest BCUT2D eigenvalue weighted by molar-refractivity contribution is 7.13. The summed E-state index contributed by atoms with van der Waals surface area (Å²) in [7, 11) is 0. The summed E-state index contributed by atoms with van der Waals surface area (Å²) >= 11 is 1.41. The van der Waals surface area contributed by atoms with Crippen LogP contribution in [0.3, 0.4) is 0 Å². The third-order valence-corrected chi connectivity index (χ3v) is 3.65. The number of thiazole rings is 1. The van der Waals surface area contributed by atoms with Crippen LogP contribution in [0.15, 0.2) is 23.6 Å². The van der Waals surface area contributed by atoms with Gasteiger partial charge in [-0.15, -0.1) is 11.3 Å². The van der Waals surface area contributed by atoms with Crippen LogP contribution in [0.5, 0.6) is 5.75 Å². The van der Waals surface area contributed by atoms with Crippen LogP contribution in [0, 0.1) is 20.8 Å². The average molecular weight is 276 g/mol. The number of hydrogen-bond acceptors (Lipinski definition) is 4. The molecular weight excluding hydrogens is 260 g/mol. The van der Waals surface area contributed by atoms with Crippen molar-refractivity contribution in [2.75, 3.05) is 11.9 Å². The van der Waals surface area contributed by atoms with Gasteiger partial charge in [0.05, 0.1) is 5.69 Å². The molecule has 0 fully saturated rings. The lowest BCUT2D eigenvalue weighted by Crippen LogP contribution is -2.20. The van der Waals surface area contributed by atoms with E-state index in [2.05, 4.69) is 10.3 Å². The molecule has 0 unspecified atom stereocenters. The number of benzene rings is 1. The fraction of sp³-hybridized carbons (Fsp3) is 0.286. The third kappa shape index (κ3) is 3.54. The molecule has 0 saturated heterocycles. The second-order valence-electron chi connectivity index (χ2n) is 4.33. The van der Waals surface area contributed by atoms with Gasteiger partial charge in [-0.1, -0.05) is 12.1 Å². The van der Waals surface area contributed by atoms with Crippen molar-refractivity contribution in [2.45, 2.75) is 20.8 Å². The van der Waals surface area contributed by atoms with Gasteiger partial charge in [-0.3, -0.25) is 10.1 Å². The molecule has 100 valence electrons. The molecule has 5 heteroatoms. The number of hydrogen-bond donors (Lipinski definition) is 1. The SMILES string of the molecule is Cc1csc(NC(=O)COc2cccc(C)c2C)n1. The van der Waals surface area contributed by atoms with Crippen molar-refractivity contribution in [1.29, 1.82) is 0 Å². The number of nitrogens with zero attached hydrogens (tertiary/aromatic N) is 1. The molecule has 0 spiro atoms. The van der Waals surface area contributed by atoms with Crippen LogP contribution < -0.4 is 10.1 Å². The Morgan fingerprint density at radius 1 is 1.37 bits per heavy atom. The van der Waals surface area contributed by atoms with E-state index < -0.39 is 0 Å². The van der Waals surface area contributed by atoms with Crippen molar-refractivity contribution in [3.63, 3.8) is 0 Å². The first kappa shape index (κ1) is 13.5. The molecule has 0 aliphatic carbocycles. The fourth-order valence-electron chi connectivity index (χ4n) is 1.59. The first-order chi connectivity index (χ1) is 9.06. The smallest absolute Gasteiger partial charge is 0.264 e. The summed E-state index contributed by atoms with van der Waals surface area (Å²) < 4.78 is 5.52. The molecule has 0 aliphatic heterocycles. The van der Waals surface area contributed by atoms with E-state index in [9.17, 15) is 4.79 Å².